The lowest BCUT2D eigenvalue weighted by Crippen LogP contribution is -2.38. The van der Waals surface area contributed by atoms with Gasteiger partial charge in [0.05, 0.1) is 6.54 Å². The largest absolute Gasteiger partial charge is 0.339 e. The highest BCUT2D eigenvalue weighted by molar-refractivity contribution is 5.96. The van der Waals surface area contributed by atoms with Gasteiger partial charge in [-0.1, -0.05) is 20.8 Å². The third kappa shape index (κ3) is 6.13. The number of nitrogens with one attached hydrogen (secondary N) is 1. The molecule has 1 fully saturated rings. The van der Waals surface area contributed by atoms with Crippen LogP contribution in [0.25, 0.3) is 0 Å². The highest BCUT2D eigenvalue weighted by Gasteiger charge is 2.18. The molecule has 1 N–H and O–H groups in total. The monoisotopic (exact) mass is 359 g/mol. The van der Waals surface area contributed by atoms with Crippen molar-refractivity contribution in [2.45, 2.75) is 46.5 Å². The minimum Gasteiger partial charge on any atom is -0.339 e. The molecule has 0 bridgehead atoms. The van der Waals surface area contributed by atoms with Crippen LogP contribution >= 0.6 is 0 Å². The van der Waals surface area contributed by atoms with Gasteiger partial charge < -0.3 is 10.2 Å². The van der Waals surface area contributed by atoms with Crippen molar-refractivity contribution < 1.29 is 9.59 Å². The number of rotatable bonds is 8. The summed E-state index contributed by atoms with van der Waals surface area (Å²) in [5.41, 5.74) is 1.42. The number of hydrogen-bond acceptors (Lipinski definition) is 3. The quantitative estimate of drug-likeness (QED) is 0.771. The molecule has 0 unspecified atom stereocenters. The van der Waals surface area contributed by atoms with E-state index in [9.17, 15) is 9.59 Å². The predicted octanol–water partition coefficient (Wildman–Crippen LogP) is 3.62. The van der Waals surface area contributed by atoms with Gasteiger partial charge in [-0.15, -0.1) is 0 Å². The Hall–Kier alpha value is -1.88. The van der Waals surface area contributed by atoms with Crippen LogP contribution in [0.3, 0.4) is 0 Å². The summed E-state index contributed by atoms with van der Waals surface area (Å²) in [5.74, 6) is 0.839. The number of piperidine rings is 1. The summed E-state index contributed by atoms with van der Waals surface area (Å²) in [4.78, 5) is 28.9. The van der Waals surface area contributed by atoms with E-state index in [4.69, 9.17) is 0 Å². The summed E-state index contributed by atoms with van der Waals surface area (Å²) in [6, 6.07) is 7.25. The standard InChI is InChI=1S/C21H33N3O2/c1-4-12-24(13-5-2)21(26)18-6-8-19(9-7-18)22-20(25)16-23-14-10-17(3)11-15-23/h6-9,17H,4-5,10-16H2,1-3H3,(H,22,25). The molecule has 1 aliphatic rings. The lowest BCUT2D eigenvalue weighted by atomic mass is 9.99. The SMILES string of the molecule is CCCN(CCC)C(=O)c1ccc(NC(=O)CN2CCC(C)CC2)cc1. The van der Waals surface area contributed by atoms with Crippen LogP contribution < -0.4 is 5.32 Å². The molecule has 144 valence electrons. The van der Waals surface area contributed by atoms with Crippen molar-refractivity contribution in [2.75, 3.05) is 38.0 Å². The zero-order chi connectivity index (χ0) is 18.9. The molecule has 0 atom stereocenters. The highest BCUT2D eigenvalue weighted by atomic mass is 16.2. The van der Waals surface area contributed by atoms with Crippen LogP contribution in [-0.2, 0) is 4.79 Å². The first kappa shape index (κ1) is 20.4. The van der Waals surface area contributed by atoms with Crippen LogP contribution in [0.15, 0.2) is 24.3 Å². The molecular formula is C21H33N3O2. The zero-order valence-electron chi connectivity index (χ0n) is 16.5. The van der Waals surface area contributed by atoms with Crippen LogP contribution in [0.2, 0.25) is 0 Å². The first-order valence-electron chi connectivity index (χ1n) is 9.95. The first-order valence-corrected chi connectivity index (χ1v) is 9.95. The molecule has 0 saturated carbocycles. The van der Waals surface area contributed by atoms with Crippen LogP contribution in [0, 0.1) is 5.92 Å². The molecule has 2 rings (SSSR count). The maximum Gasteiger partial charge on any atom is 0.253 e. The van der Waals surface area contributed by atoms with E-state index in [0.29, 0.717) is 12.1 Å². The number of likely N-dealkylation sites (tertiary alicyclic amines) is 1. The fraction of sp³-hybridized carbons (Fsp3) is 0.619. The topological polar surface area (TPSA) is 52.7 Å². The molecule has 2 amide bonds. The lowest BCUT2D eigenvalue weighted by molar-refractivity contribution is -0.117. The maximum absolute atomic E-state index is 12.6. The fourth-order valence-corrected chi connectivity index (χ4v) is 3.36. The molecule has 26 heavy (non-hydrogen) atoms. The minimum atomic E-state index is 0.0113. The van der Waals surface area contributed by atoms with E-state index in [2.05, 4.69) is 31.0 Å². The van der Waals surface area contributed by atoms with Gasteiger partial charge in [-0.3, -0.25) is 14.5 Å². The van der Waals surface area contributed by atoms with E-state index in [-0.39, 0.29) is 11.8 Å². The zero-order valence-corrected chi connectivity index (χ0v) is 16.5. The van der Waals surface area contributed by atoms with Gasteiger partial charge >= 0.3 is 0 Å². The molecule has 1 aliphatic heterocycles. The molecule has 5 heteroatoms. The summed E-state index contributed by atoms with van der Waals surface area (Å²) in [7, 11) is 0. The van der Waals surface area contributed by atoms with Crippen LogP contribution in [0.5, 0.6) is 0 Å². The predicted molar refractivity (Wildman–Crippen MR) is 106 cm³/mol. The number of hydrogen-bond donors (Lipinski definition) is 1. The first-order chi connectivity index (χ1) is 12.5. The average molecular weight is 360 g/mol. The molecule has 1 aromatic carbocycles. The number of carbonyl (C=O) groups excluding carboxylic acids is 2. The average Bonchev–Trinajstić information content (AvgIpc) is 2.63. The van der Waals surface area contributed by atoms with Gasteiger partial charge in [-0.2, -0.15) is 0 Å². The fourth-order valence-electron chi connectivity index (χ4n) is 3.36. The molecule has 0 aliphatic carbocycles. The van der Waals surface area contributed by atoms with Crippen molar-refractivity contribution in [1.82, 2.24) is 9.80 Å². The van der Waals surface area contributed by atoms with Crippen LogP contribution in [-0.4, -0.2) is 54.3 Å². The second-order valence-electron chi connectivity index (χ2n) is 7.38. The summed E-state index contributed by atoms with van der Waals surface area (Å²) in [6.45, 7) is 10.4. The maximum atomic E-state index is 12.6. The summed E-state index contributed by atoms with van der Waals surface area (Å²) in [5, 5.41) is 2.94. The molecule has 0 spiro atoms. The molecule has 0 aromatic heterocycles. The molecular weight excluding hydrogens is 326 g/mol. The van der Waals surface area contributed by atoms with E-state index in [1.54, 1.807) is 12.1 Å². The Balaban J connectivity index is 1.88. The van der Waals surface area contributed by atoms with Gasteiger partial charge in [0.2, 0.25) is 5.91 Å². The summed E-state index contributed by atoms with van der Waals surface area (Å²) in [6.07, 6.45) is 4.23. The van der Waals surface area contributed by atoms with Gasteiger partial charge in [0, 0.05) is 24.3 Å². The number of amides is 2. The van der Waals surface area contributed by atoms with Gasteiger partial charge in [-0.25, -0.2) is 0 Å². The van der Waals surface area contributed by atoms with Crippen molar-refractivity contribution >= 4 is 17.5 Å². The molecule has 1 aromatic rings. The number of benzene rings is 1. The van der Waals surface area contributed by atoms with E-state index in [0.717, 1.165) is 63.5 Å². The van der Waals surface area contributed by atoms with E-state index in [1.807, 2.05) is 17.0 Å². The molecule has 1 heterocycles. The van der Waals surface area contributed by atoms with Gasteiger partial charge in [0.1, 0.15) is 0 Å². The van der Waals surface area contributed by atoms with E-state index in [1.165, 1.54) is 0 Å². The molecule has 1 saturated heterocycles. The van der Waals surface area contributed by atoms with E-state index >= 15 is 0 Å². The number of carbonyl (C=O) groups is 2. The van der Waals surface area contributed by atoms with Crippen molar-refractivity contribution in [2.24, 2.45) is 5.92 Å². The number of anilines is 1. The normalized spacial score (nSPS) is 15.7. The number of nitrogens with zero attached hydrogens (tertiary/aromatic N) is 2. The third-order valence-corrected chi connectivity index (χ3v) is 4.93. The van der Waals surface area contributed by atoms with Crippen molar-refractivity contribution in [3.8, 4) is 0 Å². The highest BCUT2D eigenvalue weighted by Crippen LogP contribution is 2.16. The van der Waals surface area contributed by atoms with Gasteiger partial charge in [0.15, 0.2) is 0 Å². The smallest absolute Gasteiger partial charge is 0.253 e. The Bertz CT molecular complexity index is 571. The summed E-state index contributed by atoms with van der Waals surface area (Å²) >= 11 is 0. The Kier molecular flexibility index (Phi) is 8.10. The third-order valence-electron chi connectivity index (χ3n) is 4.93. The van der Waals surface area contributed by atoms with Gasteiger partial charge in [0.25, 0.3) is 5.91 Å². The second-order valence-corrected chi connectivity index (χ2v) is 7.38. The Morgan fingerprint density at radius 1 is 1.08 bits per heavy atom. The lowest BCUT2D eigenvalue weighted by Gasteiger charge is -2.29. The molecule has 5 nitrogen and oxygen atoms in total. The van der Waals surface area contributed by atoms with Crippen molar-refractivity contribution in [1.29, 1.82) is 0 Å². The van der Waals surface area contributed by atoms with Crippen LogP contribution in [0.1, 0.15) is 56.8 Å². The van der Waals surface area contributed by atoms with Crippen molar-refractivity contribution in [3.63, 3.8) is 0 Å². The van der Waals surface area contributed by atoms with Gasteiger partial charge in [-0.05, 0) is 69.0 Å². The Morgan fingerprint density at radius 3 is 2.19 bits per heavy atom. The molecule has 0 radical (unpaired) electrons. The second kappa shape index (κ2) is 10.3. The minimum absolute atomic E-state index is 0.0113. The Labute approximate surface area is 157 Å². The Morgan fingerprint density at radius 2 is 1.65 bits per heavy atom. The van der Waals surface area contributed by atoms with Crippen molar-refractivity contribution in [3.05, 3.63) is 29.8 Å². The van der Waals surface area contributed by atoms with E-state index < -0.39 is 0 Å². The van der Waals surface area contributed by atoms with Crippen LogP contribution in [0.4, 0.5) is 5.69 Å². The summed E-state index contributed by atoms with van der Waals surface area (Å²) < 4.78 is 0.